The molecule has 162 valence electrons. The summed E-state index contributed by atoms with van der Waals surface area (Å²) in [6.07, 6.45) is 4.35. The first-order valence-electron chi connectivity index (χ1n) is 10.5. The molecule has 0 N–H and O–H groups in total. The maximum atomic E-state index is 12.8. The minimum Gasteiger partial charge on any atom is -0.494 e. The zero-order valence-corrected chi connectivity index (χ0v) is 18.8. The Morgan fingerprint density at radius 2 is 1.90 bits per heavy atom. The number of carbonyl (C=O) groups excluding carboxylic acids is 1. The second-order valence-corrected chi connectivity index (χ2v) is 8.66. The van der Waals surface area contributed by atoms with Crippen LogP contribution in [0.2, 0.25) is 0 Å². The number of aromatic nitrogens is 1. The molecule has 0 unspecified atom stereocenters. The lowest BCUT2D eigenvalue weighted by molar-refractivity contribution is -0.131. The van der Waals surface area contributed by atoms with E-state index in [0.29, 0.717) is 6.54 Å². The number of anilines is 1. The number of amides is 1. The van der Waals surface area contributed by atoms with Gasteiger partial charge in [-0.2, -0.15) is 0 Å². The van der Waals surface area contributed by atoms with Crippen molar-refractivity contribution in [3.05, 3.63) is 60.2 Å². The van der Waals surface area contributed by atoms with E-state index in [-0.39, 0.29) is 5.91 Å². The van der Waals surface area contributed by atoms with Gasteiger partial charge in [-0.25, -0.2) is 4.98 Å². The van der Waals surface area contributed by atoms with E-state index >= 15 is 0 Å². The number of para-hydroxylation sites is 1. The van der Waals surface area contributed by atoms with E-state index in [9.17, 15) is 4.79 Å². The lowest BCUT2D eigenvalue weighted by atomic mass is 10.2. The number of likely N-dealkylation sites (N-methyl/N-ethyl adjacent to an activating group) is 1. The first-order valence-corrected chi connectivity index (χ1v) is 11.3. The number of rotatable bonds is 7. The minimum absolute atomic E-state index is 0.146. The van der Waals surface area contributed by atoms with Crippen molar-refractivity contribution in [3.63, 3.8) is 0 Å². The molecule has 0 spiro atoms. The zero-order chi connectivity index (χ0) is 21.6. The third-order valence-electron chi connectivity index (χ3n) is 5.49. The lowest BCUT2D eigenvalue weighted by Crippen LogP contribution is -2.50. The summed E-state index contributed by atoms with van der Waals surface area (Å²) in [6, 6.07) is 16.2. The maximum absolute atomic E-state index is 12.8. The van der Waals surface area contributed by atoms with Crippen molar-refractivity contribution in [2.24, 2.45) is 0 Å². The van der Waals surface area contributed by atoms with Crippen molar-refractivity contribution < 1.29 is 9.53 Å². The molecule has 2 aromatic carbocycles. The first-order chi connectivity index (χ1) is 15.1. The van der Waals surface area contributed by atoms with Gasteiger partial charge in [0.25, 0.3) is 0 Å². The van der Waals surface area contributed by atoms with Crippen LogP contribution < -0.4 is 9.64 Å². The van der Waals surface area contributed by atoms with Gasteiger partial charge < -0.3 is 14.5 Å². The molecule has 1 saturated heterocycles. The third kappa shape index (κ3) is 5.24. The van der Waals surface area contributed by atoms with E-state index in [0.717, 1.165) is 53.8 Å². The monoisotopic (exact) mass is 436 g/mol. The zero-order valence-electron chi connectivity index (χ0n) is 18.0. The molecule has 0 radical (unpaired) electrons. The van der Waals surface area contributed by atoms with Crippen molar-refractivity contribution >= 4 is 38.7 Å². The van der Waals surface area contributed by atoms with Crippen LogP contribution in [0, 0.1) is 0 Å². The van der Waals surface area contributed by atoms with Gasteiger partial charge in [-0.15, -0.1) is 0 Å². The fourth-order valence-electron chi connectivity index (χ4n) is 3.69. The van der Waals surface area contributed by atoms with Gasteiger partial charge >= 0.3 is 0 Å². The molecule has 0 aliphatic carbocycles. The Bertz CT molecular complexity index is 1040. The summed E-state index contributed by atoms with van der Waals surface area (Å²) in [5.41, 5.74) is 2.06. The third-order valence-corrected chi connectivity index (χ3v) is 6.62. The molecule has 0 bridgehead atoms. The highest BCUT2D eigenvalue weighted by Crippen LogP contribution is 2.33. The van der Waals surface area contributed by atoms with Gasteiger partial charge in [0.05, 0.1) is 18.4 Å². The number of thiazole rings is 1. The molecule has 2 heterocycles. The molecule has 1 fully saturated rings. The molecule has 1 aliphatic rings. The number of carbonyl (C=O) groups is 1. The molecule has 1 aliphatic heterocycles. The van der Waals surface area contributed by atoms with Crippen LogP contribution in [-0.2, 0) is 4.79 Å². The number of piperazine rings is 1. The average molecular weight is 437 g/mol. The topological polar surface area (TPSA) is 48.9 Å². The van der Waals surface area contributed by atoms with Gasteiger partial charge in [-0.3, -0.25) is 9.69 Å². The SMILES string of the molecule is COc1cccc2sc(N(C)CC(=O)N3CCN(C/C=C/c4ccccc4)CC3)nc12. The van der Waals surface area contributed by atoms with Crippen molar-refractivity contribution in [1.82, 2.24) is 14.8 Å². The normalized spacial score (nSPS) is 15.0. The van der Waals surface area contributed by atoms with Crippen LogP contribution in [0.4, 0.5) is 5.13 Å². The van der Waals surface area contributed by atoms with Crippen molar-refractivity contribution in [3.8, 4) is 5.75 Å². The molecule has 7 heteroatoms. The summed E-state index contributed by atoms with van der Waals surface area (Å²) in [4.78, 5) is 23.8. The predicted octanol–water partition coefficient (Wildman–Crippen LogP) is 3.60. The highest BCUT2D eigenvalue weighted by molar-refractivity contribution is 7.22. The van der Waals surface area contributed by atoms with Crippen molar-refractivity contribution in [1.29, 1.82) is 0 Å². The van der Waals surface area contributed by atoms with E-state index in [1.165, 1.54) is 5.56 Å². The summed E-state index contributed by atoms with van der Waals surface area (Å²) in [7, 11) is 3.57. The number of fused-ring (bicyclic) bond motifs is 1. The first kappa shape index (κ1) is 21.3. The molecule has 0 atom stereocenters. The second-order valence-electron chi connectivity index (χ2n) is 7.65. The molecular weight excluding hydrogens is 408 g/mol. The number of hydrogen-bond acceptors (Lipinski definition) is 6. The Morgan fingerprint density at radius 1 is 1.13 bits per heavy atom. The van der Waals surface area contributed by atoms with Crippen LogP contribution in [0.3, 0.4) is 0 Å². The summed E-state index contributed by atoms with van der Waals surface area (Å²) in [6.45, 7) is 4.55. The number of methoxy groups -OCH3 is 1. The van der Waals surface area contributed by atoms with Crippen LogP contribution in [-0.4, -0.2) is 74.1 Å². The summed E-state index contributed by atoms with van der Waals surface area (Å²) in [5, 5.41) is 0.831. The van der Waals surface area contributed by atoms with Gasteiger partial charge in [0.15, 0.2) is 5.13 Å². The summed E-state index contributed by atoms with van der Waals surface area (Å²) < 4.78 is 6.46. The largest absolute Gasteiger partial charge is 0.494 e. The van der Waals surface area contributed by atoms with Gasteiger partial charge in [-0.05, 0) is 17.7 Å². The highest BCUT2D eigenvalue weighted by atomic mass is 32.1. The Balaban J connectivity index is 1.27. The van der Waals surface area contributed by atoms with E-state index in [4.69, 9.17) is 4.74 Å². The maximum Gasteiger partial charge on any atom is 0.242 e. The Morgan fingerprint density at radius 3 is 2.65 bits per heavy atom. The fraction of sp³-hybridized carbons (Fsp3) is 0.333. The van der Waals surface area contributed by atoms with Crippen LogP contribution in [0.15, 0.2) is 54.6 Å². The van der Waals surface area contributed by atoms with E-state index < -0.39 is 0 Å². The van der Waals surface area contributed by atoms with Crippen LogP contribution in [0.25, 0.3) is 16.3 Å². The quantitative estimate of drug-likeness (QED) is 0.566. The fourth-order valence-corrected chi connectivity index (χ4v) is 4.64. The molecular formula is C24H28N4O2S. The Labute approximate surface area is 187 Å². The molecule has 3 aromatic rings. The lowest BCUT2D eigenvalue weighted by Gasteiger charge is -2.35. The minimum atomic E-state index is 0.146. The van der Waals surface area contributed by atoms with Crippen molar-refractivity contribution in [2.75, 3.05) is 58.3 Å². The van der Waals surface area contributed by atoms with Crippen LogP contribution in [0.5, 0.6) is 5.75 Å². The van der Waals surface area contributed by atoms with Gasteiger partial charge in [0.2, 0.25) is 5.91 Å². The van der Waals surface area contributed by atoms with Crippen LogP contribution >= 0.6 is 11.3 Å². The molecule has 4 rings (SSSR count). The second kappa shape index (κ2) is 9.94. The molecule has 6 nitrogen and oxygen atoms in total. The molecule has 1 aromatic heterocycles. The highest BCUT2D eigenvalue weighted by Gasteiger charge is 2.22. The molecule has 1 amide bonds. The number of ether oxygens (including phenoxy) is 1. The summed E-state index contributed by atoms with van der Waals surface area (Å²) >= 11 is 1.58. The average Bonchev–Trinajstić information content (AvgIpc) is 3.25. The molecule has 31 heavy (non-hydrogen) atoms. The van der Waals surface area contributed by atoms with Gasteiger partial charge in [-0.1, -0.05) is 59.9 Å². The molecule has 0 saturated carbocycles. The Kier molecular flexibility index (Phi) is 6.84. The van der Waals surface area contributed by atoms with Crippen molar-refractivity contribution in [2.45, 2.75) is 0 Å². The van der Waals surface area contributed by atoms with E-state index in [1.54, 1.807) is 18.4 Å². The number of hydrogen-bond donors (Lipinski definition) is 0. The van der Waals surface area contributed by atoms with Gasteiger partial charge in [0.1, 0.15) is 11.3 Å². The number of nitrogens with zero attached hydrogens (tertiary/aromatic N) is 4. The van der Waals surface area contributed by atoms with E-state index in [2.05, 4.69) is 34.2 Å². The Hall–Kier alpha value is -2.90. The van der Waals surface area contributed by atoms with E-state index in [1.807, 2.05) is 53.2 Å². The predicted molar refractivity (Wildman–Crippen MR) is 128 cm³/mol. The number of benzene rings is 2. The van der Waals surface area contributed by atoms with Gasteiger partial charge in [0, 0.05) is 39.8 Å². The standard InChI is InChI=1S/C24H28N4O2S/c1-26(24-25-23-20(30-2)11-6-12-21(23)31-24)18-22(29)28-16-14-27(15-17-28)13-7-10-19-8-4-3-5-9-19/h3-12H,13-18H2,1-2H3/b10-7+. The van der Waals surface area contributed by atoms with Crippen LogP contribution in [0.1, 0.15) is 5.56 Å². The summed E-state index contributed by atoms with van der Waals surface area (Å²) in [5.74, 6) is 0.908. The smallest absolute Gasteiger partial charge is 0.242 e.